The molecular formula is C17H24ClN2. The Morgan fingerprint density at radius 1 is 0.950 bits per heavy atom. The molecule has 2 saturated heterocycles. The maximum absolute atomic E-state index is 5.91. The molecule has 0 amide bonds. The lowest BCUT2D eigenvalue weighted by molar-refractivity contribution is 0.175. The molecule has 20 heavy (non-hydrogen) atoms. The summed E-state index contributed by atoms with van der Waals surface area (Å²) in [6.07, 6.45) is 8.23. The number of halogens is 1. The molecule has 1 radical (unpaired) electrons. The maximum atomic E-state index is 5.91. The van der Waals surface area contributed by atoms with Crippen molar-refractivity contribution in [3.63, 3.8) is 0 Å². The second-order valence-electron chi connectivity index (χ2n) is 6.06. The van der Waals surface area contributed by atoms with Gasteiger partial charge in [-0.15, -0.1) is 0 Å². The molecule has 0 atom stereocenters. The number of hydrogen-bond acceptors (Lipinski definition) is 2. The fraction of sp³-hybridized carbons (Fsp3) is 0.647. The average Bonchev–Trinajstić information content (AvgIpc) is 2.77. The van der Waals surface area contributed by atoms with Crippen LogP contribution in [-0.2, 0) is 0 Å². The van der Waals surface area contributed by atoms with E-state index in [-0.39, 0.29) is 0 Å². The Morgan fingerprint density at radius 3 is 2.25 bits per heavy atom. The molecule has 109 valence electrons. The van der Waals surface area contributed by atoms with Crippen molar-refractivity contribution < 1.29 is 0 Å². The van der Waals surface area contributed by atoms with Crippen LogP contribution in [0.15, 0.2) is 18.2 Å². The van der Waals surface area contributed by atoms with Crippen LogP contribution in [0.4, 0.5) is 5.69 Å². The van der Waals surface area contributed by atoms with Crippen LogP contribution >= 0.6 is 11.6 Å². The third-order valence-corrected chi connectivity index (χ3v) is 4.98. The van der Waals surface area contributed by atoms with E-state index >= 15 is 0 Å². The molecule has 0 N–H and O–H groups in total. The number of rotatable bonds is 2. The van der Waals surface area contributed by atoms with E-state index in [4.69, 9.17) is 11.6 Å². The summed E-state index contributed by atoms with van der Waals surface area (Å²) in [6, 6.07) is 9.98. The summed E-state index contributed by atoms with van der Waals surface area (Å²) in [4.78, 5) is 5.22. The summed E-state index contributed by atoms with van der Waals surface area (Å²) in [5.74, 6) is 0. The number of piperidine rings is 1. The minimum atomic E-state index is 0.702. The van der Waals surface area contributed by atoms with Gasteiger partial charge in [-0.2, -0.15) is 0 Å². The quantitative estimate of drug-likeness (QED) is 0.813. The van der Waals surface area contributed by atoms with Gasteiger partial charge in [0.15, 0.2) is 0 Å². The van der Waals surface area contributed by atoms with Gasteiger partial charge in [0.25, 0.3) is 0 Å². The van der Waals surface area contributed by atoms with E-state index in [0.29, 0.717) is 5.02 Å². The maximum Gasteiger partial charge on any atom is 0.0486 e. The molecule has 2 nitrogen and oxygen atoms in total. The summed E-state index contributed by atoms with van der Waals surface area (Å²) in [5.41, 5.74) is 1.27. The topological polar surface area (TPSA) is 6.48 Å². The molecule has 0 unspecified atom stereocenters. The first-order valence-corrected chi connectivity index (χ1v) is 8.37. The Bertz CT molecular complexity index is 402. The molecular weight excluding hydrogens is 268 g/mol. The van der Waals surface area contributed by atoms with Crippen molar-refractivity contribution >= 4 is 17.3 Å². The standard InChI is InChI=1S/C17H24ClN2/c18-15-5-7-16(8-6-15)20-13-9-17(10-14-20)19-11-3-1-2-4-12-19/h5,7-8,17H,1-4,9-14H2. The lowest BCUT2D eigenvalue weighted by Gasteiger charge is -2.39. The fourth-order valence-electron chi connectivity index (χ4n) is 3.54. The first-order valence-electron chi connectivity index (χ1n) is 7.99. The van der Waals surface area contributed by atoms with Gasteiger partial charge in [-0.3, -0.25) is 0 Å². The molecule has 2 fully saturated rings. The molecule has 0 saturated carbocycles. The molecule has 0 spiro atoms. The minimum Gasteiger partial charge on any atom is -0.371 e. The fourth-order valence-corrected chi connectivity index (χ4v) is 3.66. The van der Waals surface area contributed by atoms with Crippen LogP contribution in [-0.4, -0.2) is 37.1 Å². The number of likely N-dealkylation sites (tertiary alicyclic amines) is 1. The van der Waals surface area contributed by atoms with E-state index in [2.05, 4.69) is 21.9 Å². The van der Waals surface area contributed by atoms with Gasteiger partial charge in [-0.1, -0.05) is 24.4 Å². The van der Waals surface area contributed by atoms with Gasteiger partial charge in [0.05, 0.1) is 0 Å². The Hall–Kier alpha value is -0.730. The van der Waals surface area contributed by atoms with Gasteiger partial charge in [0, 0.05) is 35.9 Å². The summed E-state index contributed by atoms with van der Waals surface area (Å²) in [7, 11) is 0. The molecule has 1 aromatic carbocycles. The van der Waals surface area contributed by atoms with Crippen LogP contribution < -0.4 is 4.90 Å². The molecule has 3 rings (SSSR count). The molecule has 0 aromatic heterocycles. The van der Waals surface area contributed by atoms with Crippen LogP contribution in [0.5, 0.6) is 0 Å². The van der Waals surface area contributed by atoms with Crippen LogP contribution in [0.3, 0.4) is 0 Å². The van der Waals surface area contributed by atoms with Gasteiger partial charge in [0.1, 0.15) is 0 Å². The minimum absolute atomic E-state index is 0.702. The first-order chi connectivity index (χ1) is 9.83. The highest BCUT2D eigenvalue weighted by Crippen LogP contribution is 2.25. The van der Waals surface area contributed by atoms with Crippen molar-refractivity contribution in [1.29, 1.82) is 0 Å². The van der Waals surface area contributed by atoms with Gasteiger partial charge < -0.3 is 9.80 Å². The van der Waals surface area contributed by atoms with Crippen LogP contribution in [0.25, 0.3) is 0 Å². The van der Waals surface area contributed by atoms with Crippen LogP contribution in [0.2, 0.25) is 5.02 Å². The third-order valence-electron chi connectivity index (χ3n) is 4.75. The lowest BCUT2D eigenvalue weighted by Crippen LogP contribution is -2.45. The Kier molecular flexibility index (Phi) is 4.85. The molecule has 0 bridgehead atoms. The van der Waals surface area contributed by atoms with Crippen molar-refractivity contribution in [2.45, 2.75) is 44.6 Å². The smallest absolute Gasteiger partial charge is 0.0486 e. The van der Waals surface area contributed by atoms with Crippen molar-refractivity contribution in [3.05, 3.63) is 29.3 Å². The van der Waals surface area contributed by atoms with Crippen LogP contribution in [0, 0.1) is 6.07 Å². The molecule has 2 aliphatic heterocycles. The molecule has 3 heteroatoms. The van der Waals surface area contributed by atoms with Gasteiger partial charge >= 0.3 is 0 Å². The lowest BCUT2D eigenvalue weighted by atomic mass is 10.0. The third kappa shape index (κ3) is 3.48. The highest BCUT2D eigenvalue weighted by molar-refractivity contribution is 6.30. The zero-order valence-corrected chi connectivity index (χ0v) is 12.9. The Morgan fingerprint density at radius 2 is 1.65 bits per heavy atom. The normalized spacial score (nSPS) is 22.8. The van der Waals surface area contributed by atoms with E-state index in [1.165, 1.54) is 57.3 Å². The molecule has 0 aliphatic carbocycles. The van der Waals surface area contributed by atoms with E-state index in [1.54, 1.807) is 0 Å². The summed E-state index contributed by atoms with van der Waals surface area (Å²) in [5, 5.41) is 0.702. The largest absolute Gasteiger partial charge is 0.371 e. The average molecular weight is 292 g/mol. The van der Waals surface area contributed by atoms with E-state index in [1.807, 2.05) is 12.1 Å². The van der Waals surface area contributed by atoms with Crippen molar-refractivity contribution in [2.75, 3.05) is 31.1 Å². The highest BCUT2D eigenvalue weighted by Gasteiger charge is 2.25. The first kappa shape index (κ1) is 14.2. The second kappa shape index (κ2) is 6.82. The molecule has 2 heterocycles. The Balaban J connectivity index is 1.54. The van der Waals surface area contributed by atoms with E-state index in [9.17, 15) is 0 Å². The summed E-state index contributed by atoms with van der Waals surface area (Å²) in [6.45, 7) is 4.96. The number of benzene rings is 1. The van der Waals surface area contributed by atoms with E-state index in [0.717, 1.165) is 19.1 Å². The predicted molar refractivity (Wildman–Crippen MR) is 85.6 cm³/mol. The van der Waals surface area contributed by atoms with Crippen LogP contribution in [0.1, 0.15) is 38.5 Å². The number of hydrogen-bond donors (Lipinski definition) is 0. The SMILES string of the molecule is Clc1[c]cc(N2CCC(N3CCCCCC3)CC2)cc1. The Labute approximate surface area is 127 Å². The van der Waals surface area contributed by atoms with Crippen molar-refractivity contribution in [2.24, 2.45) is 0 Å². The van der Waals surface area contributed by atoms with Gasteiger partial charge in [-0.25, -0.2) is 0 Å². The highest BCUT2D eigenvalue weighted by atomic mass is 35.5. The zero-order chi connectivity index (χ0) is 13.8. The van der Waals surface area contributed by atoms with E-state index < -0.39 is 0 Å². The molecule has 1 aromatic rings. The van der Waals surface area contributed by atoms with Crippen molar-refractivity contribution in [3.8, 4) is 0 Å². The monoisotopic (exact) mass is 291 g/mol. The zero-order valence-electron chi connectivity index (χ0n) is 12.2. The van der Waals surface area contributed by atoms with Gasteiger partial charge in [-0.05, 0) is 57.0 Å². The summed E-state index contributed by atoms with van der Waals surface area (Å²) >= 11 is 5.91. The second-order valence-corrected chi connectivity index (χ2v) is 6.47. The number of anilines is 1. The predicted octanol–water partition coefficient (Wildman–Crippen LogP) is 3.98. The van der Waals surface area contributed by atoms with Crippen molar-refractivity contribution in [1.82, 2.24) is 4.90 Å². The summed E-state index contributed by atoms with van der Waals surface area (Å²) < 4.78 is 0. The molecule has 2 aliphatic rings. The van der Waals surface area contributed by atoms with Gasteiger partial charge in [0.2, 0.25) is 0 Å². The number of nitrogens with zero attached hydrogens (tertiary/aromatic N) is 2.